The highest BCUT2D eigenvalue weighted by molar-refractivity contribution is 8.14. The molecule has 0 amide bonds. The van der Waals surface area contributed by atoms with Gasteiger partial charge in [-0.25, -0.2) is 13.4 Å². The van der Waals surface area contributed by atoms with Crippen LogP contribution in [0.25, 0.3) is 0 Å². The van der Waals surface area contributed by atoms with Crippen LogP contribution in [0.4, 0.5) is 5.69 Å². The van der Waals surface area contributed by atoms with Crippen LogP contribution in [0.3, 0.4) is 0 Å². The molecule has 1 aromatic rings. The molecule has 0 bridgehead atoms. The average Bonchev–Trinajstić information content (AvgIpc) is 2.98. The summed E-state index contributed by atoms with van der Waals surface area (Å²) in [6.45, 7) is 0.872. The first kappa shape index (κ1) is 14.2. The lowest BCUT2D eigenvalue weighted by molar-refractivity contribution is 0.366. The number of benzene rings is 1. The number of amidine groups is 1. The molecule has 2 heterocycles. The van der Waals surface area contributed by atoms with Crippen molar-refractivity contribution in [3.63, 3.8) is 0 Å². The molecule has 0 unspecified atom stereocenters. The van der Waals surface area contributed by atoms with Crippen molar-refractivity contribution in [2.24, 2.45) is 4.99 Å². The zero-order chi connectivity index (χ0) is 14.2. The summed E-state index contributed by atoms with van der Waals surface area (Å²) in [7, 11) is -2.86. The first-order chi connectivity index (χ1) is 9.53. The number of rotatable bonds is 2. The third kappa shape index (κ3) is 3.13. The van der Waals surface area contributed by atoms with E-state index in [2.05, 4.69) is 9.89 Å². The second-order valence-electron chi connectivity index (χ2n) is 4.97. The van der Waals surface area contributed by atoms with Crippen molar-refractivity contribution in [2.75, 3.05) is 23.8 Å². The van der Waals surface area contributed by atoms with Crippen LogP contribution >= 0.6 is 23.4 Å². The van der Waals surface area contributed by atoms with E-state index < -0.39 is 9.84 Å². The molecule has 1 atom stereocenters. The first-order valence-corrected chi connectivity index (χ1v) is 9.66. The van der Waals surface area contributed by atoms with Gasteiger partial charge in [-0.2, -0.15) is 0 Å². The molecule has 0 N–H and O–H groups in total. The molecule has 4 nitrogen and oxygen atoms in total. The van der Waals surface area contributed by atoms with Crippen LogP contribution in [0.2, 0.25) is 5.02 Å². The lowest BCUT2D eigenvalue weighted by atomic mass is 10.2. The van der Waals surface area contributed by atoms with E-state index >= 15 is 0 Å². The van der Waals surface area contributed by atoms with E-state index in [4.69, 9.17) is 11.6 Å². The SMILES string of the molecule is O=S1(=O)CC[C@H](N2CCSC2=Nc2ccc(Cl)cc2)C1. The van der Waals surface area contributed by atoms with E-state index in [1.165, 1.54) is 0 Å². The van der Waals surface area contributed by atoms with Gasteiger partial charge < -0.3 is 4.90 Å². The fraction of sp³-hybridized carbons (Fsp3) is 0.462. The molecule has 3 rings (SSSR count). The van der Waals surface area contributed by atoms with Crippen molar-refractivity contribution >= 4 is 44.1 Å². The minimum atomic E-state index is -2.86. The van der Waals surface area contributed by atoms with Gasteiger partial charge in [0.05, 0.1) is 17.2 Å². The Bertz CT molecular complexity index is 628. The molecule has 0 spiro atoms. The Kier molecular flexibility index (Phi) is 3.97. The Hall–Kier alpha value is -0.720. The summed E-state index contributed by atoms with van der Waals surface area (Å²) in [5.41, 5.74) is 0.852. The van der Waals surface area contributed by atoms with Crippen LogP contribution in [0.5, 0.6) is 0 Å². The molecule has 7 heteroatoms. The van der Waals surface area contributed by atoms with Gasteiger partial charge in [0.1, 0.15) is 0 Å². The van der Waals surface area contributed by atoms with Crippen molar-refractivity contribution in [1.82, 2.24) is 4.90 Å². The third-order valence-corrected chi connectivity index (χ3v) is 6.48. The van der Waals surface area contributed by atoms with Crippen LogP contribution in [-0.4, -0.2) is 48.3 Å². The monoisotopic (exact) mass is 330 g/mol. The maximum atomic E-state index is 11.6. The molecule has 0 radical (unpaired) electrons. The molecular weight excluding hydrogens is 316 g/mol. The smallest absolute Gasteiger partial charge is 0.164 e. The van der Waals surface area contributed by atoms with E-state index in [9.17, 15) is 8.42 Å². The van der Waals surface area contributed by atoms with Crippen LogP contribution in [0.1, 0.15) is 6.42 Å². The van der Waals surface area contributed by atoms with E-state index in [-0.39, 0.29) is 11.8 Å². The normalized spacial score (nSPS) is 27.4. The van der Waals surface area contributed by atoms with Gasteiger partial charge in [0.25, 0.3) is 0 Å². The maximum Gasteiger partial charge on any atom is 0.164 e. The Morgan fingerprint density at radius 3 is 2.70 bits per heavy atom. The maximum absolute atomic E-state index is 11.6. The summed E-state index contributed by atoms with van der Waals surface area (Å²) in [5.74, 6) is 1.52. The fourth-order valence-corrected chi connectivity index (χ4v) is 5.40. The van der Waals surface area contributed by atoms with Gasteiger partial charge >= 0.3 is 0 Å². The van der Waals surface area contributed by atoms with Crippen molar-refractivity contribution in [3.8, 4) is 0 Å². The van der Waals surface area contributed by atoms with Crippen LogP contribution in [0.15, 0.2) is 29.3 Å². The minimum absolute atomic E-state index is 0.0843. The number of hydrogen-bond acceptors (Lipinski definition) is 4. The molecule has 0 aromatic heterocycles. The molecule has 2 saturated heterocycles. The summed E-state index contributed by atoms with van der Waals surface area (Å²) >= 11 is 7.55. The Labute approximate surface area is 128 Å². The number of hydrogen-bond donors (Lipinski definition) is 0. The molecule has 2 aliphatic rings. The van der Waals surface area contributed by atoms with Crippen LogP contribution in [0, 0.1) is 0 Å². The van der Waals surface area contributed by atoms with Crippen molar-refractivity contribution < 1.29 is 8.42 Å². The van der Waals surface area contributed by atoms with Gasteiger partial charge in [-0.3, -0.25) is 0 Å². The molecule has 108 valence electrons. The van der Waals surface area contributed by atoms with E-state index in [1.54, 1.807) is 11.8 Å². The summed E-state index contributed by atoms with van der Waals surface area (Å²) in [6.07, 6.45) is 0.711. The second kappa shape index (κ2) is 5.58. The first-order valence-electron chi connectivity index (χ1n) is 6.48. The number of aliphatic imine (C=N–C) groups is 1. The topological polar surface area (TPSA) is 49.7 Å². The Morgan fingerprint density at radius 1 is 1.30 bits per heavy atom. The number of nitrogens with zero attached hydrogens (tertiary/aromatic N) is 2. The second-order valence-corrected chi connectivity index (χ2v) is 8.70. The summed E-state index contributed by atoms with van der Waals surface area (Å²) < 4.78 is 23.2. The van der Waals surface area contributed by atoms with E-state index in [0.29, 0.717) is 17.2 Å². The number of halogens is 1. The average molecular weight is 331 g/mol. The molecule has 0 aliphatic carbocycles. The predicted molar refractivity (Wildman–Crippen MR) is 84.8 cm³/mol. The van der Waals surface area contributed by atoms with E-state index in [1.807, 2.05) is 24.3 Å². The molecule has 1 aromatic carbocycles. The van der Waals surface area contributed by atoms with Crippen LogP contribution in [-0.2, 0) is 9.84 Å². The molecular formula is C13H15ClN2O2S2. The highest BCUT2D eigenvalue weighted by Crippen LogP contribution is 2.29. The van der Waals surface area contributed by atoms with Gasteiger partial charge in [-0.15, -0.1) is 0 Å². The predicted octanol–water partition coefficient (Wildman–Crippen LogP) is 2.56. The third-order valence-electron chi connectivity index (χ3n) is 3.51. The summed E-state index contributed by atoms with van der Waals surface area (Å²) in [6, 6.07) is 7.45. The van der Waals surface area contributed by atoms with Gasteiger partial charge in [0.2, 0.25) is 0 Å². The van der Waals surface area contributed by atoms with Gasteiger partial charge in [0.15, 0.2) is 15.0 Å². The molecule has 2 fully saturated rings. The Balaban J connectivity index is 1.80. The zero-order valence-corrected chi connectivity index (χ0v) is 13.2. The zero-order valence-electron chi connectivity index (χ0n) is 10.8. The van der Waals surface area contributed by atoms with Crippen LogP contribution < -0.4 is 0 Å². The molecule has 0 saturated carbocycles. The van der Waals surface area contributed by atoms with Gasteiger partial charge in [0, 0.05) is 23.4 Å². The summed E-state index contributed by atoms with van der Waals surface area (Å²) in [5, 5.41) is 1.61. The van der Waals surface area contributed by atoms with E-state index in [0.717, 1.165) is 23.2 Å². The lowest BCUT2D eigenvalue weighted by Gasteiger charge is -2.24. The highest BCUT2D eigenvalue weighted by Gasteiger charge is 2.35. The van der Waals surface area contributed by atoms with Gasteiger partial charge in [-0.1, -0.05) is 23.4 Å². The summed E-state index contributed by atoms with van der Waals surface area (Å²) in [4.78, 5) is 6.77. The van der Waals surface area contributed by atoms with Crippen molar-refractivity contribution in [2.45, 2.75) is 12.5 Å². The molecule has 2 aliphatic heterocycles. The Morgan fingerprint density at radius 2 is 2.05 bits per heavy atom. The van der Waals surface area contributed by atoms with Crippen molar-refractivity contribution in [3.05, 3.63) is 29.3 Å². The minimum Gasteiger partial charge on any atom is -0.346 e. The van der Waals surface area contributed by atoms with Crippen molar-refractivity contribution in [1.29, 1.82) is 0 Å². The largest absolute Gasteiger partial charge is 0.346 e. The quantitative estimate of drug-likeness (QED) is 0.836. The highest BCUT2D eigenvalue weighted by atomic mass is 35.5. The lowest BCUT2D eigenvalue weighted by Crippen LogP contribution is -2.36. The number of thioether (sulfide) groups is 1. The van der Waals surface area contributed by atoms with Gasteiger partial charge in [-0.05, 0) is 30.7 Å². The fourth-order valence-electron chi connectivity index (χ4n) is 2.50. The number of sulfone groups is 1. The molecule has 20 heavy (non-hydrogen) atoms. The standard InChI is InChI=1S/C13H15ClN2O2S2/c14-10-1-3-11(4-2-10)15-13-16(6-7-19-13)12-5-8-20(17,18)9-12/h1-4,12H,5-9H2/t12-/m0/s1.